The molecule has 1 aromatic rings. The van der Waals surface area contributed by atoms with Gasteiger partial charge in [0.15, 0.2) is 0 Å². The van der Waals surface area contributed by atoms with Gasteiger partial charge in [-0.3, -0.25) is 0 Å². The lowest BCUT2D eigenvalue weighted by Gasteiger charge is -2.28. The van der Waals surface area contributed by atoms with Crippen molar-refractivity contribution < 1.29 is 0 Å². The first-order valence-corrected chi connectivity index (χ1v) is 9.37. The molecule has 1 aliphatic carbocycles. The normalized spacial score (nSPS) is 22.9. The molecule has 3 rings (SSSR count). The summed E-state index contributed by atoms with van der Waals surface area (Å²) in [5, 5.41) is 0. The lowest BCUT2D eigenvalue weighted by Crippen LogP contribution is -2.21. The summed E-state index contributed by atoms with van der Waals surface area (Å²) in [6, 6.07) is 6.33. The smallest absolute Gasteiger partial charge is 0.0730 e. The zero-order valence-corrected chi connectivity index (χ0v) is 14.9. The number of thioether (sulfide) groups is 1. The number of anilines is 1. The average Bonchev–Trinajstić information content (AvgIpc) is 2.82. The van der Waals surface area contributed by atoms with E-state index in [1.165, 1.54) is 40.3 Å². The Morgan fingerprint density at radius 1 is 1.32 bits per heavy atom. The second-order valence-electron chi connectivity index (χ2n) is 5.08. The predicted molar refractivity (Wildman–Crippen MR) is 91.4 cm³/mol. The van der Waals surface area contributed by atoms with Crippen LogP contribution in [0.15, 0.2) is 37.7 Å². The average molecular weight is 403 g/mol. The van der Waals surface area contributed by atoms with Gasteiger partial charge in [0.2, 0.25) is 0 Å². The Kier molecular flexibility index (Phi) is 4.30. The van der Waals surface area contributed by atoms with Gasteiger partial charge >= 0.3 is 0 Å². The van der Waals surface area contributed by atoms with E-state index in [1.807, 2.05) is 11.8 Å². The molecule has 1 aliphatic heterocycles. The maximum atomic E-state index is 3.70. The third kappa shape index (κ3) is 2.52. The number of hydrogen-bond donors (Lipinski definition) is 0. The van der Waals surface area contributed by atoms with Crippen molar-refractivity contribution in [3.63, 3.8) is 0 Å². The van der Waals surface area contributed by atoms with Gasteiger partial charge in [0, 0.05) is 19.5 Å². The molecule has 0 saturated carbocycles. The summed E-state index contributed by atoms with van der Waals surface area (Å²) < 4.78 is 2.35. The molecular formula is C15H17Br2NS. The third-order valence-corrected chi connectivity index (χ3v) is 6.54. The number of allylic oxidation sites excluding steroid dienone is 2. The van der Waals surface area contributed by atoms with Crippen LogP contribution in [0.5, 0.6) is 0 Å². The Hall–Kier alpha value is 0.0700. The van der Waals surface area contributed by atoms with Gasteiger partial charge in [0.1, 0.15) is 0 Å². The topological polar surface area (TPSA) is 3.24 Å². The summed E-state index contributed by atoms with van der Waals surface area (Å²) in [6.45, 7) is 2.32. The highest BCUT2D eigenvalue weighted by molar-refractivity contribution is 9.11. The Balaban J connectivity index is 2.02. The van der Waals surface area contributed by atoms with Gasteiger partial charge in [-0.2, -0.15) is 0 Å². The molecule has 0 saturated heterocycles. The second-order valence-corrected chi connectivity index (χ2v) is 7.78. The standard InChI is InChI=1S/C15H17Br2NS/c1-2-10-5-3-8-13-15(10)19-9-18(13)14-11(16)6-4-7-12(14)17/h4,6-7,10H,2-3,5,8-9H2,1H3. The quantitative estimate of drug-likeness (QED) is 0.583. The van der Waals surface area contributed by atoms with Crippen LogP contribution in [0.25, 0.3) is 0 Å². The fourth-order valence-electron chi connectivity index (χ4n) is 3.02. The molecule has 0 radical (unpaired) electrons. The highest BCUT2D eigenvalue weighted by Gasteiger charge is 2.32. The minimum absolute atomic E-state index is 0.792. The molecule has 0 spiro atoms. The first-order valence-electron chi connectivity index (χ1n) is 6.79. The van der Waals surface area contributed by atoms with E-state index < -0.39 is 0 Å². The van der Waals surface area contributed by atoms with Crippen molar-refractivity contribution in [2.45, 2.75) is 32.6 Å². The van der Waals surface area contributed by atoms with Crippen molar-refractivity contribution >= 4 is 49.3 Å². The Morgan fingerprint density at radius 3 is 2.74 bits per heavy atom. The molecule has 0 amide bonds. The SMILES string of the molecule is CCC1CCCC2=C1SCN2c1c(Br)cccc1Br. The van der Waals surface area contributed by atoms with Crippen LogP contribution in [0.1, 0.15) is 32.6 Å². The maximum absolute atomic E-state index is 3.70. The van der Waals surface area contributed by atoms with Crippen molar-refractivity contribution in [2.24, 2.45) is 5.92 Å². The number of hydrogen-bond acceptors (Lipinski definition) is 2. The van der Waals surface area contributed by atoms with E-state index in [0.717, 1.165) is 11.8 Å². The Morgan fingerprint density at radius 2 is 2.05 bits per heavy atom. The van der Waals surface area contributed by atoms with Crippen molar-refractivity contribution in [2.75, 3.05) is 10.8 Å². The number of benzene rings is 1. The lowest BCUT2D eigenvalue weighted by atomic mass is 9.91. The van der Waals surface area contributed by atoms with E-state index >= 15 is 0 Å². The number of nitrogens with zero attached hydrogens (tertiary/aromatic N) is 1. The molecule has 102 valence electrons. The van der Waals surface area contributed by atoms with Gasteiger partial charge in [-0.1, -0.05) is 13.0 Å². The molecule has 19 heavy (non-hydrogen) atoms. The predicted octanol–water partition coefficient (Wildman–Crippen LogP) is 6.14. The van der Waals surface area contributed by atoms with Gasteiger partial charge in [0.05, 0.1) is 11.6 Å². The van der Waals surface area contributed by atoms with E-state index in [0.29, 0.717) is 0 Å². The summed E-state index contributed by atoms with van der Waals surface area (Å²) in [5.41, 5.74) is 2.85. The number of rotatable bonds is 2. The molecule has 0 bridgehead atoms. The summed E-state index contributed by atoms with van der Waals surface area (Å²) >= 11 is 9.45. The zero-order valence-electron chi connectivity index (χ0n) is 11.0. The minimum Gasteiger partial charge on any atom is -0.332 e. The van der Waals surface area contributed by atoms with Crippen molar-refractivity contribution in [1.82, 2.24) is 0 Å². The largest absolute Gasteiger partial charge is 0.332 e. The summed E-state index contributed by atoms with van der Waals surface area (Å²) in [7, 11) is 0. The van der Waals surface area contributed by atoms with Crippen LogP contribution in [-0.4, -0.2) is 5.88 Å². The van der Waals surface area contributed by atoms with Crippen LogP contribution < -0.4 is 4.90 Å². The summed E-state index contributed by atoms with van der Waals surface area (Å²) in [5.74, 6) is 1.85. The maximum Gasteiger partial charge on any atom is 0.0730 e. The molecule has 0 N–H and O–H groups in total. The highest BCUT2D eigenvalue weighted by atomic mass is 79.9. The fourth-order valence-corrected chi connectivity index (χ4v) is 5.90. The molecule has 0 fully saturated rings. The molecule has 1 unspecified atom stereocenters. The van der Waals surface area contributed by atoms with Gasteiger partial charge in [-0.15, -0.1) is 11.8 Å². The molecule has 1 atom stereocenters. The van der Waals surface area contributed by atoms with E-state index in [9.17, 15) is 0 Å². The summed E-state index contributed by atoms with van der Waals surface area (Å²) in [4.78, 5) is 4.15. The fraction of sp³-hybridized carbons (Fsp3) is 0.467. The minimum atomic E-state index is 0.792. The van der Waals surface area contributed by atoms with Gasteiger partial charge in [-0.25, -0.2) is 0 Å². The Bertz CT molecular complexity index is 507. The first-order chi connectivity index (χ1) is 9.22. The highest BCUT2D eigenvalue weighted by Crippen LogP contribution is 2.49. The van der Waals surface area contributed by atoms with Crippen LogP contribution in [0.2, 0.25) is 0 Å². The van der Waals surface area contributed by atoms with Crippen LogP contribution in [0.3, 0.4) is 0 Å². The third-order valence-electron chi connectivity index (χ3n) is 4.00. The molecule has 2 aliphatic rings. The molecule has 4 heteroatoms. The lowest BCUT2D eigenvalue weighted by molar-refractivity contribution is 0.505. The van der Waals surface area contributed by atoms with Crippen LogP contribution in [-0.2, 0) is 0 Å². The van der Waals surface area contributed by atoms with E-state index in [2.05, 4.69) is 61.9 Å². The van der Waals surface area contributed by atoms with E-state index in [1.54, 1.807) is 10.6 Å². The van der Waals surface area contributed by atoms with Gasteiger partial charge < -0.3 is 4.90 Å². The number of para-hydroxylation sites is 1. The molecule has 1 nitrogen and oxygen atoms in total. The second kappa shape index (κ2) is 5.82. The van der Waals surface area contributed by atoms with Crippen molar-refractivity contribution in [1.29, 1.82) is 0 Å². The Labute approximate surface area is 136 Å². The van der Waals surface area contributed by atoms with Crippen LogP contribution in [0, 0.1) is 5.92 Å². The molecule has 0 aromatic heterocycles. The monoisotopic (exact) mass is 401 g/mol. The van der Waals surface area contributed by atoms with Crippen LogP contribution in [0.4, 0.5) is 5.69 Å². The zero-order chi connectivity index (χ0) is 13.4. The van der Waals surface area contributed by atoms with Gasteiger partial charge in [-0.05, 0) is 75.6 Å². The van der Waals surface area contributed by atoms with Crippen molar-refractivity contribution in [3.05, 3.63) is 37.7 Å². The van der Waals surface area contributed by atoms with Crippen molar-refractivity contribution in [3.8, 4) is 0 Å². The van der Waals surface area contributed by atoms with Gasteiger partial charge in [0.25, 0.3) is 0 Å². The first kappa shape index (κ1) is 14.0. The van der Waals surface area contributed by atoms with Crippen LogP contribution >= 0.6 is 43.6 Å². The molecular weight excluding hydrogens is 386 g/mol. The number of halogens is 2. The molecule has 1 heterocycles. The molecule has 1 aromatic carbocycles. The van der Waals surface area contributed by atoms with E-state index in [-0.39, 0.29) is 0 Å². The van der Waals surface area contributed by atoms with E-state index in [4.69, 9.17) is 0 Å². The summed E-state index contributed by atoms with van der Waals surface area (Å²) in [6.07, 6.45) is 5.20.